The van der Waals surface area contributed by atoms with E-state index in [9.17, 15) is 14.0 Å². The summed E-state index contributed by atoms with van der Waals surface area (Å²) in [4.78, 5) is 25.9. The molecule has 21 heavy (non-hydrogen) atoms. The molecule has 1 N–H and O–H groups in total. The van der Waals surface area contributed by atoms with Gasteiger partial charge in [0, 0.05) is 18.5 Å². The molecular formula is C16H21FN2O2. The molecule has 1 aliphatic heterocycles. The fourth-order valence-corrected chi connectivity index (χ4v) is 2.71. The van der Waals surface area contributed by atoms with E-state index in [2.05, 4.69) is 5.32 Å². The molecule has 0 bridgehead atoms. The first-order valence-corrected chi connectivity index (χ1v) is 7.38. The molecule has 4 nitrogen and oxygen atoms in total. The molecule has 2 atom stereocenters. The van der Waals surface area contributed by atoms with Crippen LogP contribution in [0, 0.1) is 5.82 Å². The van der Waals surface area contributed by atoms with Crippen LogP contribution in [0.3, 0.4) is 0 Å². The van der Waals surface area contributed by atoms with E-state index in [1.807, 2.05) is 6.92 Å². The Morgan fingerprint density at radius 1 is 1.38 bits per heavy atom. The number of carbonyl (C=O) groups excluding carboxylic acids is 2. The standard InChI is InChI=1S/C16H21FN2O2/c1-3-6-14-16(21)19(10-9-15(20)18-14)11(2)12-7-4-5-8-13(12)17/h4-5,7-8,11,14H,3,6,9-10H2,1-2H3,(H,18,20). The maximum absolute atomic E-state index is 13.9. The number of halogens is 1. The van der Waals surface area contributed by atoms with Gasteiger partial charge in [0.05, 0.1) is 6.04 Å². The van der Waals surface area contributed by atoms with E-state index in [1.54, 1.807) is 30.0 Å². The van der Waals surface area contributed by atoms with Crippen LogP contribution in [0.5, 0.6) is 0 Å². The predicted molar refractivity (Wildman–Crippen MR) is 78.0 cm³/mol. The van der Waals surface area contributed by atoms with Gasteiger partial charge in [0.15, 0.2) is 0 Å². The van der Waals surface area contributed by atoms with Gasteiger partial charge in [-0.2, -0.15) is 0 Å². The Morgan fingerprint density at radius 3 is 2.76 bits per heavy atom. The van der Waals surface area contributed by atoms with Crippen molar-refractivity contribution in [2.24, 2.45) is 0 Å². The number of nitrogens with zero attached hydrogens (tertiary/aromatic N) is 1. The largest absolute Gasteiger partial charge is 0.344 e. The number of nitrogens with one attached hydrogen (secondary N) is 1. The molecule has 1 aromatic rings. The Kier molecular flexibility index (Phi) is 4.94. The third-order valence-electron chi connectivity index (χ3n) is 3.90. The molecule has 0 aromatic heterocycles. The maximum Gasteiger partial charge on any atom is 0.245 e. The van der Waals surface area contributed by atoms with Gasteiger partial charge in [-0.05, 0) is 19.4 Å². The van der Waals surface area contributed by atoms with E-state index >= 15 is 0 Å². The van der Waals surface area contributed by atoms with Crippen molar-refractivity contribution < 1.29 is 14.0 Å². The minimum atomic E-state index is -0.501. The van der Waals surface area contributed by atoms with E-state index in [0.717, 1.165) is 6.42 Å². The lowest BCUT2D eigenvalue weighted by Gasteiger charge is -2.30. The van der Waals surface area contributed by atoms with Gasteiger partial charge in [-0.3, -0.25) is 9.59 Å². The fourth-order valence-electron chi connectivity index (χ4n) is 2.71. The number of hydrogen-bond donors (Lipinski definition) is 1. The Labute approximate surface area is 124 Å². The van der Waals surface area contributed by atoms with Crippen molar-refractivity contribution >= 4 is 11.8 Å². The van der Waals surface area contributed by atoms with Crippen LogP contribution >= 0.6 is 0 Å². The zero-order valence-electron chi connectivity index (χ0n) is 12.4. The van der Waals surface area contributed by atoms with E-state index in [4.69, 9.17) is 0 Å². The molecule has 0 spiro atoms. The Bertz CT molecular complexity index is 533. The Balaban J connectivity index is 2.26. The highest BCUT2D eigenvalue weighted by atomic mass is 19.1. The highest BCUT2D eigenvalue weighted by Crippen LogP contribution is 2.25. The lowest BCUT2D eigenvalue weighted by molar-refractivity contribution is -0.135. The van der Waals surface area contributed by atoms with Crippen molar-refractivity contribution in [3.63, 3.8) is 0 Å². The van der Waals surface area contributed by atoms with Crippen LogP contribution in [0.15, 0.2) is 24.3 Å². The molecule has 1 saturated heterocycles. The van der Waals surface area contributed by atoms with Crippen LogP contribution in [0.1, 0.15) is 44.7 Å². The second-order valence-electron chi connectivity index (χ2n) is 5.39. The molecule has 5 heteroatoms. The normalized spacial score (nSPS) is 20.9. The first kappa shape index (κ1) is 15.5. The third-order valence-corrected chi connectivity index (χ3v) is 3.90. The average molecular weight is 292 g/mol. The minimum absolute atomic E-state index is 0.120. The zero-order valence-corrected chi connectivity index (χ0v) is 12.4. The van der Waals surface area contributed by atoms with Crippen LogP contribution in [0.4, 0.5) is 4.39 Å². The predicted octanol–water partition coefficient (Wildman–Crippen LogP) is 2.40. The van der Waals surface area contributed by atoms with Crippen molar-refractivity contribution in [2.45, 2.75) is 45.2 Å². The van der Waals surface area contributed by atoms with Crippen molar-refractivity contribution in [3.8, 4) is 0 Å². The minimum Gasteiger partial charge on any atom is -0.344 e. The van der Waals surface area contributed by atoms with E-state index in [0.29, 0.717) is 18.5 Å². The van der Waals surface area contributed by atoms with Crippen molar-refractivity contribution in [1.29, 1.82) is 0 Å². The molecule has 1 aromatic carbocycles. The van der Waals surface area contributed by atoms with Crippen molar-refractivity contribution in [2.75, 3.05) is 6.54 Å². The molecule has 2 rings (SSSR count). The molecule has 0 saturated carbocycles. The zero-order chi connectivity index (χ0) is 15.4. The number of hydrogen-bond acceptors (Lipinski definition) is 2. The second kappa shape index (κ2) is 6.70. The third kappa shape index (κ3) is 3.40. The number of rotatable bonds is 4. The molecular weight excluding hydrogens is 271 g/mol. The van der Waals surface area contributed by atoms with Gasteiger partial charge in [0.2, 0.25) is 11.8 Å². The summed E-state index contributed by atoms with van der Waals surface area (Å²) in [6, 6.07) is 5.57. The molecule has 114 valence electrons. The molecule has 2 unspecified atom stereocenters. The van der Waals surface area contributed by atoms with Crippen LogP contribution in [-0.2, 0) is 9.59 Å². The van der Waals surface area contributed by atoms with Crippen LogP contribution in [0.2, 0.25) is 0 Å². The van der Waals surface area contributed by atoms with E-state index < -0.39 is 6.04 Å². The number of benzene rings is 1. The summed E-state index contributed by atoms with van der Waals surface area (Å²) in [5.74, 6) is -0.572. The van der Waals surface area contributed by atoms with Gasteiger partial charge in [-0.25, -0.2) is 4.39 Å². The van der Waals surface area contributed by atoms with Gasteiger partial charge in [0.25, 0.3) is 0 Å². The monoisotopic (exact) mass is 292 g/mol. The average Bonchev–Trinajstić information content (AvgIpc) is 2.59. The van der Waals surface area contributed by atoms with Crippen molar-refractivity contribution in [1.82, 2.24) is 10.2 Å². The van der Waals surface area contributed by atoms with Gasteiger partial charge >= 0.3 is 0 Å². The highest BCUT2D eigenvalue weighted by Gasteiger charge is 2.32. The summed E-state index contributed by atoms with van der Waals surface area (Å²) < 4.78 is 13.9. The summed E-state index contributed by atoms with van der Waals surface area (Å²) in [5.41, 5.74) is 0.482. The molecule has 2 amide bonds. The van der Waals surface area contributed by atoms with Gasteiger partial charge in [0.1, 0.15) is 11.9 Å². The molecule has 0 radical (unpaired) electrons. The molecule has 0 aliphatic carbocycles. The van der Waals surface area contributed by atoms with Gasteiger partial charge in [-0.15, -0.1) is 0 Å². The summed E-state index contributed by atoms with van der Waals surface area (Å²) in [6.45, 7) is 4.09. The first-order chi connectivity index (χ1) is 10.0. The topological polar surface area (TPSA) is 49.4 Å². The van der Waals surface area contributed by atoms with Gasteiger partial charge in [-0.1, -0.05) is 31.5 Å². The van der Waals surface area contributed by atoms with Gasteiger partial charge < -0.3 is 10.2 Å². The SMILES string of the molecule is CCCC1NC(=O)CCN(C(C)c2ccccc2F)C1=O. The van der Waals surface area contributed by atoms with Crippen LogP contribution in [0.25, 0.3) is 0 Å². The summed E-state index contributed by atoms with van der Waals surface area (Å²) in [6.07, 6.45) is 1.66. The summed E-state index contributed by atoms with van der Waals surface area (Å²) in [5, 5.41) is 2.76. The highest BCUT2D eigenvalue weighted by molar-refractivity contribution is 5.90. The van der Waals surface area contributed by atoms with Crippen LogP contribution < -0.4 is 5.32 Å². The maximum atomic E-state index is 13.9. The molecule has 1 fully saturated rings. The second-order valence-corrected chi connectivity index (χ2v) is 5.39. The number of carbonyl (C=O) groups is 2. The molecule has 1 aliphatic rings. The van der Waals surface area contributed by atoms with Crippen molar-refractivity contribution in [3.05, 3.63) is 35.6 Å². The number of amides is 2. The van der Waals surface area contributed by atoms with E-state index in [1.165, 1.54) is 6.07 Å². The molecule has 1 heterocycles. The van der Waals surface area contributed by atoms with Crippen LogP contribution in [-0.4, -0.2) is 29.3 Å². The lowest BCUT2D eigenvalue weighted by atomic mass is 10.0. The Hall–Kier alpha value is -1.91. The summed E-state index contributed by atoms with van der Waals surface area (Å²) in [7, 11) is 0. The van der Waals surface area contributed by atoms with E-state index in [-0.39, 0.29) is 30.1 Å². The summed E-state index contributed by atoms with van der Waals surface area (Å²) >= 11 is 0. The smallest absolute Gasteiger partial charge is 0.245 e. The fraction of sp³-hybridized carbons (Fsp3) is 0.500. The quantitative estimate of drug-likeness (QED) is 0.926. The first-order valence-electron chi connectivity index (χ1n) is 7.38. The lowest BCUT2D eigenvalue weighted by Crippen LogP contribution is -2.45. The Morgan fingerprint density at radius 2 is 2.10 bits per heavy atom.